The van der Waals surface area contributed by atoms with Crippen molar-refractivity contribution in [1.82, 2.24) is 0 Å². The second kappa shape index (κ2) is 3.67. The zero-order chi connectivity index (χ0) is 10.1. The van der Waals surface area contributed by atoms with E-state index in [-0.39, 0.29) is 0 Å². The van der Waals surface area contributed by atoms with Crippen LogP contribution in [0, 0.1) is 6.92 Å². The minimum Gasteiger partial charge on any atom is -0.284 e. The number of hydrogen-bond acceptors (Lipinski definition) is 2. The molecule has 0 bridgehead atoms. The van der Waals surface area contributed by atoms with Gasteiger partial charge in [0.15, 0.2) is 0 Å². The lowest BCUT2D eigenvalue weighted by Crippen LogP contribution is -2.09. The summed E-state index contributed by atoms with van der Waals surface area (Å²) in [4.78, 5) is 0. The molecule has 0 aliphatic heterocycles. The van der Waals surface area contributed by atoms with Crippen LogP contribution in [0.15, 0.2) is 22.7 Å². The quantitative estimate of drug-likeness (QED) is 0.889. The third kappa shape index (κ3) is 3.36. The van der Waals surface area contributed by atoms with E-state index < -0.39 is 10.0 Å². The summed E-state index contributed by atoms with van der Waals surface area (Å²) in [5.74, 6) is 0. The smallest absolute Gasteiger partial charge is 0.229 e. The van der Waals surface area contributed by atoms with E-state index in [1.807, 2.05) is 13.0 Å². The van der Waals surface area contributed by atoms with E-state index in [0.717, 1.165) is 16.3 Å². The van der Waals surface area contributed by atoms with Crippen LogP contribution in [0.4, 0.5) is 5.69 Å². The molecule has 0 saturated heterocycles. The molecule has 0 aliphatic rings. The van der Waals surface area contributed by atoms with Crippen LogP contribution in [0.2, 0.25) is 0 Å². The number of anilines is 1. The molecule has 0 aliphatic carbocycles. The highest BCUT2D eigenvalue weighted by Crippen LogP contribution is 2.20. The Morgan fingerprint density at radius 1 is 1.38 bits per heavy atom. The Balaban J connectivity index is 2.99. The summed E-state index contributed by atoms with van der Waals surface area (Å²) in [6, 6.07) is 5.28. The Bertz CT molecular complexity index is 414. The van der Waals surface area contributed by atoms with Crippen molar-refractivity contribution in [3.8, 4) is 0 Å². The number of sulfonamides is 1. The average Bonchev–Trinajstić information content (AvgIpc) is 1.94. The van der Waals surface area contributed by atoms with Gasteiger partial charge in [0.05, 0.1) is 6.26 Å². The second-order valence-electron chi connectivity index (χ2n) is 2.84. The Morgan fingerprint density at radius 2 is 2.00 bits per heavy atom. The highest BCUT2D eigenvalue weighted by atomic mass is 79.9. The van der Waals surface area contributed by atoms with Gasteiger partial charge in [0.2, 0.25) is 10.0 Å². The standard InChI is InChI=1S/C8H10BrNO2S/c1-6-5-7(3-4-8(6)9)10-13(2,11)12/h3-5,10H,1-2H3. The van der Waals surface area contributed by atoms with Crippen molar-refractivity contribution in [2.75, 3.05) is 11.0 Å². The fourth-order valence-corrected chi connectivity index (χ4v) is 1.72. The first kappa shape index (κ1) is 10.5. The predicted molar refractivity (Wildman–Crippen MR) is 57.3 cm³/mol. The Kier molecular flexibility index (Phi) is 2.98. The first-order valence-electron chi connectivity index (χ1n) is 3.62. The molecule has 0 heterocycles. The number of rotatable bonds is 2. The highest BCUT2D eigenvalue weighted by Gasteiger charge is 2.02. The first-order valence-corrected chi connectivity index (χ1v) is 6.31. The first-order chi connectivity index (χ1) is 5.88. The molecule has 0 unspecified atom stereocenters. The molecule has 3 nitrogen and oxygen atoms in total. The van der Waals surface area contributed by atoms with Crippen LogP contribution >= 0.6 is 15.9 Å². The van der Waals surface area contributed by atoms with Crippen molar-refractivity contribution in [2.24, 2.45) is 0 Å². The number of aryl methyl sites for hydroxylation is 1. The molecule has 13 heavy (non-hydrogen) atoms. The minimum atomic E-state index is -3.17. The lowest BCUT2D eigenvalue weighted by atomic mass is 10.2. The maximum Gasteiger partial charge on any atom is 0.229 e. The molecule has 0 amide bonds. The zero-order valence-corrected chi connectivity index (χ0v) is 9.74. The van der Waals surface area contributed by atoms with Crippen molar-refractivity contribution in [2.45, 2.75) is 6.92 Å². The summed E-state index contributed by atoms with van der Waals surface area (Å²) in [7, 11) is -3.17. The Morgan fingerprint density at radius 3 is 2.46 bits per heavy atom. The summed E-state index contributed by atoms with van der Waals surface area (Å²) in [5, 5.41) is 0. The van der Waals surface area contributed by atoms with E-state index in [0.29, 0.717) is 5.69 Å². The largest absolute Gasteiger partial charge is 0.284 e. The van der Waals surface area contributed by atoms with Gasteiger partial charge in [-0.2, -0.15) is 0 Å². The van der Waals surface area contributed by atoms with Gasteiger partial charge in [0.1, 0.15) is 0 Å². The molecule has 0 fully saturated rings. The predicted octanol–water partition coefficient (Wildman–Crippen LogP) is 2.13. The van der Waals surface area contributed by atoms with Gasteiger partial charge in [0, 0.05) is 10.2 Å². The van der Waals surface area contributed by atoms with Crippen LogP contribution < -0.4 is 4.72 Å². The number of halogens is 1. The van der Waals surface area contributed by atoms with Crippen molar-refractivity contribution < 1.29 is 8.42 Å². The third-order valence-electron chi connectivity index (χ3n) is 1.46. The molecule has 0 aromatic heterocycles. The maximum atomic E-state index is 10.9. The molecule has 5 heteroatoms. The molecule has 0 saturated carbocycles. The van der Waals surface area contributed by atoms with Crippen molar-refractivity contribution in [1.29, 1.82) is 0 Å². The molecular formula is C8H10BrNO2S. The van der Waals surface area contributed by atoms with Crippen LogP contribution in [0.25, 0.3) is 0 Å². The van der Waals surface area contributed by atoms with Gasteiger partial charge < -0.3 is 0 Å². The monoisotopic (exact) mass is 263 g/mol. The van der Waals surface area contributed by atoms with E-state index in [9.17, 15) is 8.42 Å². The maximum absolute atomic E-state index is 10.9. The third-order valence-corrected chi connectivity index (χ3v) is 2.96. The van der Waals surface area contributed by atoms with Gasteiger partial charge in [-0.05, 0) is 30.7 Å². The van der Waals surface area contributed by atoms with Gasteiger partial charge in [-0.15, -0.1) is 0 Å². The van der Waals surface area contributed by atoms with Crippen LogP contribution in [-0.4, -0.2) is 14.7 Å². The summed E-state index contributed by atoms with van der Waals surface area (Å²) < 4.78 is 25.1. The van der Waals surface area contributed by atoms with Gasteiger partial charge in [-0.1, -0.05) is 15.9 Å². The van der Waals surface area contributed by atoms with E-state index in [1.165, 1.54) is 0 Å². The van der Waals surface area contributed by atoms with E-state index >= 15 is 0 Å². The zero-order valence-electron chi connectivity index (χ0n) is 7.33. The van der Waals surface area contributed by atoms with Crippen LogP contribution in [-0.2, 0) is 10.0 Å². The number of hydrogen-bond donors (Lipinski definition) is 1. The van der Waals surface area contributed by atoms with Crippen LogP contribution in [0.3, 0.4) is 0 Å². The molecule has 0 atom stereocenters. The molecule has 0 radical (unpaired) electrons. The normalized spacial score (nSPS) is 11.3. The molecule has 1 rings (SSSR count). The molecule has 1 aromatic carbocycles. The fraction of sp³-hybridized carbons (Fsp3) is 0.250. The second-order valence-corrected chi connectivity index (χ2v) is 5.44. The van der Waals surface area contributed by atoms with Crippen molar-refractivity contribution >= 4 is 31.6 Å². The van der Waals surface area contributed by atoms with Crippen LogP contribution in [0.5, 0.6) is 0 Å². The molecule has 1 N–H and O–H groups in total. The average molecular weight is 264 g/mol. The van der Waals surface area contributed by atoms with E-state index in [1.54, 1.807) is 12.1 Å². The number of nitrogens with one attached hydrogen (secondary N) is 1. The summed E-state index contributed by atoms with van der Waals surface area (Å²) in [5.41, 5.74) is 1.58. The summed E-state index contributed by atoms with van der Waals surface area (Å²) in [6.45, 7) is 1.90. The lowest BCUT2D eigenvalue weighted by Gasteiger charge is -2.05. The van der Waals surface area contributed by atoms with E-state index in [2.05, 4.69) is 20.7 Å². The SMILES string of the molecule is Cc1cc(NS(C)(=O)=O)ccc1Br. The minimum absolute atomic E-state index is 0.586. The summed E-state index contributed by atoms with van der Waals surface area (Å²) >= 11 is 3.33. The molecule has 0 spiro atoms. The Hall–Kier alpha value is -0.550. The van der Waals surface area contributed by atoms with Gasteiger partial charge >= 0.3 is 0 Å². The fourth-order valence-electron chi connectivity index (χ4n) is 0.922. The molecular weight excluding hydrogens is 254 g/mol. The van der Waals surface area contributed by atoms with E-state index in [4.69, 9.17) is 0 Å². The van der Waals surface area contributed by atoms with Gasteiger partial charge in [-0.3, -0.25) is 4.72 Å². The van der Waals surface area contributed by atoms with Gasteiger partial charge in [0.25, 0.3) is 0 Å². The lowest BCUT2D eigenvalue weighted by molar-refractivity contribution is 0.607. The number of benzene rings is 1. The summed E-state index contributed by atoms with van der Waals surface area (Å²) in [6.07, 6.45) is 1.13. The topological polar surface area (TPSA) is 46.2 Å². The van der Waals surface area contributed by atoms with Gasteiger partial charge in [-0.25, -0.2) is 8.42 Å². The van der Waals surface area contributed by atoms with Crippen molar-refractivity contribution in [3.63, 3.8) is 0 Å². The molecule has 1 aromatic rings. The van der Waals surface area contributed by atoms with Crippen molar-refractivity contribution in [3.05, 3.63) is 28.2 Å². The van der Waals surface area contributed by atoms with Crippen LogP contribution in [0.1, 0.15) is 5.56 Å². The molecule has 72 valence electrons. The highest BCUT2D eigenvalue weighted by molar-refractivity contribution is 9.10. The Labute approximate surface area is 86.3 Å².